The second-order valence-corrected chi connectivity index (χ2v) is 4.41. The third-order valence-electron chi connectivity index (χ3n) is 2.76. The van der Waals surface area contributed by atoms with E-state index in [1.54, 1.807) is 24.3 Å². The van der Waals surface area contributed by atoms with Gasteiger partial charge in [-0.25, -0.2) is 0 Å². The van der Waals surface area contributed by atoms with E-state index in [4.69, 9.17) is 17.3 Å². The standard InChI is InChI=1S/C16H14ClNO/c17-10-4-5-12-8-9-15(18)14(11-12)16(19)13-6-2-1-3-7-13/h1-9,11H,10,18H2. The maximum absolute atomic E-state index is 12.4. The molecule has 0 saturated carbocycles. The topological polar surface area (TPSA) is 43.1 Å². The lowest BCUT2D eigenvalue weighted by Gasteiger charge is -2.06. The zero-order valence-electron chi connectivity index (χ0n) is 10.3. The first-order valence-corrected chi connectivity index (χ1v) is 6.47. The number of benzene rings is 2. The largest absolute Gasteiger partial charge is 0.398 e. The summed E-state index contributed by atoms with van der Waals surface area (Å²) in [6, 6.07) is 14.5. The van der Waals surface area contributed by atoms with E-state index >= 15 is 0 Å². The second kappa shape index (κ2) is 6.21. The molecule has 2 N–H and O–H groups in total. The molecule has 3 heteroatoms. The van der Waals surface area contributed by atoms with Crippen LogP contribution in [-0.2, 0) is 0 Å². The van der Waals surface area contributed by atoms with Gasteiger partial charge in [-0.3, -0.25) is 4.79 Å². The highest BCUT2D eigenvalue weighted by molar-refractivity contribution is 6.19. The second-order valence-electron chi connectivity index (χ2n) is 4.10. The molecule has 0 aliphatic rings. The van der Waals surface area contributed by atoms with Crippen LogP contribution >= 0.6 is 11.6 Å². The van der Waals surface area contributed by atoms with Crippen LogP contribution in [0.4, 0.5) is 5.69 Å². The highest BCUT2D eigenvalue weighted by Gasteiger charge is 2.12. The van der Waals surface area contributed by atoms with Crippen LogP contribution in [0.1, 0.15) is 21.5 Å². The molecule has 0 aromatic heterocycles. The van der Waals surface area contributed by atoms with Gasteiger partial charge in [-0.1, -0.05) is 48.6 Å². The maximum Gasteiger partial charge on any atom is 0.195 e. The predicted octanol–water partition coefficient (Wildman–Crippen LogP) is 3.75. The molecule has 2 nitrogen and oxygen atoms in total. The minimum atomic E-state index is -0.0702. The summed E-state index contributed by atoms with van der Waals surface area (Å²) in [5, 5.41) is 0. The van der Waals surface area contributed by atoms with Crippen molar-refractivity contribution < 1.29 is 4.79 Å². The normalized spacial score (nSPS) is 10.8. The number of rotatable bonds is 4. The van der Waals surface area contributed by atoms with E-state index in [0.29, 0.717) is 22.7 Å². The van der Waals surface area contributed by atoms with Gasteiger partial charge < -0.3 is 5.73 Å². The number of carbonyl (C=O) groups excluding carboxylic acids is 1. The lowest BCUT2D eigenvalue weighted by Crippen LogP contribution is -2.05. The van der Waals surface area contributed by atoms with Crippen LogP contribution in [0.25, 0.3) is 6.08 Å². The van der Waals surface area contributed by atoms with Crippen molar-refractivity contribution in [2.24, 2.45) is 0 Å². The van der Waals surface area contributed by atoms with Crippen molar-refractivity contribution in [1.82, 2.24) is 0 Å². The molecule has 19 heavy (non-hydrogen) atoms. The van der Waals surface area contributed by atoms with Crippen molar-refractivity contribution in [3.63, 3.8) is 0 Å². The number of hydrogen-bond donors (Lipinski definition) is 1. The van der Waals surface area contributed by atoms with Crippen molar-refractivity contribution in [1.29, 1.82) is 0 Å². The zero-order chi connectivity index (χ0) is 13.7. The van der Waals surface area contributed by atoms with Crippen LogP contribution < -0.4 is 5.73 Å². The van der Waals surface area contributed by atoms with Crippen molar-refractivity contribution in [2.45, 2.75) is 0 Å². The van der Waals surface area contributed by atoms with Gasteiger partial charge in [0, 0.05) is 22.7 Å². The van der Waals surface area contributed by atoms with E-state index < -0.39 is 0 Å². The Labute approximate surface area is 117 Å². The van der Waals surface area contributed by atoms with Gasteiger partial charge in [0.15, 0.2) is 5.78 Å². The van der Waals surface area contributed by atoms with Crippen LogP contribution in [0.2, 0.25) is 0 Å². The summed E-state index contributed by atoms with van der Waals surface area (Å²) in [7, 11) is 0. The molecular formula is C16H14ClNO. The molecular weight excluding hydrogens is 258 g/mol. The van der Waals surface area contributed by atoms with Crippen LogP contribution in [0.5, 0.6) is 0 Å². The average molecular weight is 272 g/mol. The van der Waals surface area contributed by atoms with Gasteiger partial charge in [0.2, 0.25) is 0 Å². The Morgan fingerprint density at radius 2 is 1.89 bits per heavy atom. The van der Waals surface area contributed by atoms with Crippen molar-refractivity contribution >= 4 is 29.1 Å². The SMILES string of the molecule is Nc1ccc(C=CCCl)cc1C(=O)c1ccccc1. The van der Waals surface area contributed by atoms with Gasteiger partial charge in [-0.05, 0) is 17.7 Å². The quantitative estimate of drug-likeness (QED) is 0.523. The lowest BCUT2D eigenvalue weighted by molar-refractivity contribution is 0.103. The summed E-state index contributed by atoms with van der Waals surface area (Å²) in [6.07, 6.45) is 3.69. The summed E-state index contributed by atoms with van der Waals surface area (Å²) in [5.41, 5.74) is 8.43. The minimum Gasteiger partial charge on any atom is -0.398 e. The number of alkyl halides is 1. The summed E-state index contributed by atoms with van der Waals surface area (Å²) in [6.45, 7) is 0. The Morgan fingerprint density at radius 1 is 1.16 bits per heavy atom. The summed E-state index contributed by atoms with van der Waals surface area (Å²) >= 11 is 5.60. The first-order chi connectivity index (χ1) is 9.22. The third kappa shape index (κ3) is 3.24. The fraction of sp³-hybridized carbons (Fsp3) is 0.0625. The maximum atomic E-state index is 12.4. The summed E-state index contributed by atoms with van der Waals surface area (Å²) in [4.78, 5) is 12.4. The molecule has 0 aliphatic carbocycles. The van der Waals surface area contributed by atoms with E-state index in [0.717, 1.165) is 5.56 Å². The smallest absolute Gasteiger partial charge is 0.195 e. The number of anilines is 1. The number of allylic oxidation sites excluding steroid dienone is 1. The lowest BCUT2D eigenvalue weighted by atomic mass is 9.99. The van der Waals surface area contributed by atoms with Crippen LogP contribution in [0.15, 0.2) is 54.6 Å². The monoisotopic (exact) mass is 271 g/mol. The third-order valence-corrected chi connectivity index (χ3v) is 2.94. The Bertz CT molecular complexity index is 605. The van der Waals surface area contributed by atoms with Gasteiger partial charge in [-0.15, -0.1) is 11.6 Å². The fourth-order valence-electron chi connectivity index (χ4n) is 1.80. The number of carbonyl (C=O) groups is 1. The molecule has 0 bridgehead atoms. The molecule has 2 rings (SSSR count). The molecule has 2 aromatic carbocycles. The Balaban J connectivity index is 2.39. The van der Waals surface area contributed by atoms with Crippen LogP contribution in [0, 0.1) is 0 Å². The van der Waals surface area contributed by atoms with Crippen molar-refractivity contribution in [3.05, 3.63) is 71.3 Å². The molecule has 96 valence electrons. The number of hydrogen-bond acceptors (Lipinski definition) is 2. The van der Waals surface area contributed by atoms with E-state index in [1.165, 1.54) is 0 Å². The molecule has 0 unspecified atom stereocenters. The van der Waals surface area contributed by atoms with Crippen molar-refractivity contribution in [2.75, 3.05) is 11.6 Å². The summed E-state index contributed by atoms with van der Waals surface area (Å²) in [5.74, 6) is 0.367. The number of nitrogen functional groups attached to an aromatic ring is 1. The first-order valence-electron chi connectivity index (χ1n) is 5.94. The molecule has 0 aliphatic heterocycles. The van der Waals surface area contributed by atoms with Gasteiger partial charge >= 0.3 is 0 Å². The summed E-state index contributed by atoms with van der Waals surface area (Å²) < 4.78 is 0. The van der Waals surface area contributed by atoms with E-state index in [1.807, 2.05) is 36.4 Å². The molecule has 0 amide bonds. The zero-order valence-corrected chi connectivity index (χ0v) is 11.1. The Hall–Kier alpha value is -2.06. The van der Waals surface area contributed by atoms with E-state index in [9.17, 15) is 4.79 Å². The molecule has 0 atom stereocenters. The average Bonchev–Trinajstić information content (AvgIpc) is 2.46. The highest BCUT2D eigenvalue weighted by atomic mass is 35.5. The molecule has 0 spiro atoms. The van der Waals surface area contributed by atoms with Crippen molar-refractivity contribution in [3.8, 4) is 0 Å². The molecule has 0 radical (unpaired) electrons. The van der Waals surface area contributed by atoms with Crippen LogP contribution in [0.3, 0.4) is 0 Å². The predicted molar refractivity (Wildman–Crippen MR) is 80.5 cm³/mol. The molecule has 2 aromatic rings. The molecule has 0 fully saturated rings. The molecule has 0 saturated heterocycles. The Morgan fingerprint density at radius 3 is 2.58 bits per heavy atom. The Kier molecular flexibility index (Phi) is 4.37. The highest BCUT2D eigenvalue weighted by Crippen LogP contribution is 2.19. The number of halogens is 1. The first kappa shape index (κ1) is 13.4. The van der Waals surface area contributed by atoms with E-state index in [2.05, 4.69) is 0 Å². The van der Waals surface area contributed by atoms with E-state index in [-0.39, 0.29) is 5.78 Å². The van der Waals surface area contributed by atoms with Gasteiger partial charge in [0.1, 0.15) is 0 Å². The molecule has 0 heterocycles. The number of ketones is 1. The fourth-order valence-corrected chi connectivity index (χ4v) is 1.89. The van der Waals surface area contributed by atoms with Gasteiger partial charge in [0.25, 0.3) is 0 Å². The van der Waals surface area contributed by atoms with Crippen LogP contribution in [-0.4, -0.2) is 11.7 Å². The van der Waals surface area contributed by atoms with Gasteiger partial charge in [0.05, 0.1) is 0 Å². The minimum absolute atomic E-state index is 0.0702. The number of nitrogens with two attached hydrogens (primary N) is 1. The van der Waals surface area contributed by atoms with Gasteiger partial charge in [-0.2, -0.15) is 0 Å².